The molecular formula is C19H29IN4O. The second-order valence-electron chi connectivity index (χ2n) is 5.85. The Morgan fingerprint density at radius 2 is 1.80 bits per heavy atom. The van der Waals surface area contributed by atoms with Crippen LogP contribution < -0.4 is 15.4 Å². The summed E-state index contributed by atoms with van der Waals surface area (Å²) in [5.41, 5.74) is 1.16. The number of hydrogen-bond acceptors (Lipinski definition) is 2. The lowest BCUT2D eigenvalue weighted by Crippen LogP contribution is -2.38. The van der Waals surface area contributed by atoms with Crippen LogP contribution in [0.5, 0.6) is 5.75 Å². The molecule has 138 valence electrons. The third-order valence-corrected chi connectivity index (χ3v) is 3.39. The van der Waals surface area contributed by atoms with Gasteiger partial charge < -0.3 is 19.9 Å². The average Bonchev–Trinajstić information content (AvgIpc) is 3.07. The lowest BCUT2D eigenvalue weighted by Gasteiger charge is -2.12. The van der Waals surface area contributed by atoms with Crippen molar-refractivity contribution in [3.8, 4) is 5.75 Å². The van der Waals surface area contributed by atoms with Crippen molar-refractivity contribution in [1.29, 1.82) is 0 Å². The molecule has 0 spiro atoms. The van der Waals surface area contributed by atoms with Gasteiger partial charge in [0.15, 0.2) is 5.96 Å². The van der Waals surface area contributed by atoms with E-state index in [1.54, 1.807) is 0 Å². The summed E-state index contributed by atoms with van der Waals surface area (Å²) in [5.74, 6) is 1.74. The van der Waals surface area contributed by atoms with Crippen molar-refractivity contribution in [2.24, 2.45) is 4.99 Å². The molecule has 0 aliphatic heterocycles. The molecule has 0 saturated carbocycles. The smallest absolute Gasteiger partial charge is 0.191 e. The summed E-state index contributed by atoms with van der Waals surface area (Å²) >= 11 is 0. The van der Waals surface area contributed by atoms with Gasteiger partial charge in [0.05, 0.1) is 12.6 Å². The number of aromatic nitrogens is 1. The van der Waals surface area contributed by atoms with Gasteiger partial charge in [0.2, 0.25) is 0 Å². The van der Waals surface area contributed by atoms with E-state index in [4.69, 9.17) is 4.74 Å². The van der Waals surface area contributed by atoms with Crippen molar-refractivity contribution in [1.82, 2.24) is 15.2 Å². The van der Waals surface area contributed by atoms with Crippen molar-refractivity contribution in [3.05, 3.63) is 54.4 Å². The van der Waals surface area contributed by atoms with Crippen molar-refractivity contribution < 1.29 is 4.74 Å². The Morgan fingerprint density at radius 1 is 1.12 bits per heavy atom. The van der Waals surface area contributed by atoms with E-state index < -0.39 is 0 Å². The van der Waals surface area contributed by atoms with Crippen molar-refractivity contribution in [2.45, 2.75) is 40.0 Å². The van der Waals surface area contributed by atoms with Crippen molar-refractivity contribution in [3.63, 3.8) is 0 Å². The molecule has 2 N–H and O–H groups in total. The largest absolute Gasteiger partial charge is 0.491 e. The zero-order chi connectivity index (χ0) is 17.2. The molecule has 1 aromatic carbocycles. The van der Waals surface area contributed by atoms with Gasteiger partial charge in [-0.25, -0.2) is 4.99 Å². The quantitative estimate of drug-likeness (QED) is 0.362. The highest BCUT2D eigenvalue weighted by Gasteiger charge is 2.00. The van der Waals surface area contributed by atoms with Gasteiger partial charge >= 0.3 is 0 Å². The zero-order valence-corrected chi connectivity index (χ0v) is 17.6. The van der Waals surface area contributed by atoms with E-state index >= 15 is 0 Å². The molecule has 25 heavy (non-hydrogen) atoms. The Morgan fingerprint density at radius 3 is 2.40 bits per heavy atom. The van der Waals surface area contributed by atoms with Gasteiger partial charge in [0, 0.05) is 32.0 Å². The number of nitrogens with zero attached hydrogens (tertiary/aromatic N) is 2. The van der Waals surface area contributed by atoms with E-state index in [0.717, 1.165) is 36.9 Å². The fourth-order valence-electron chi connectivity index (χ4n) is 2.28. The third-order valence-electron chi connectivity index (χ3n) is 3.39. The Bertz CT molecular complexity index is 609. The first-order valence-electron chi connectivity index (χ1n) is 8.56. The fourth-order valence-corrected chi connectivity index (χ4v) is 2.28. The van der Waals surface area contributed by atoms with Crippen LogP contribution in [0.25, 0.3) is 0 Å². The molecule has 0 amide bonds. The molecule has 0 unspecified atom stereocenters. The first-order chi connectivity index (χ1) is 11.7. The predicted molar refractivity (Wildman–Crippen MR) is 115 cm³/mol. The van der Waals surface area contributed by atoms with Crippen LogP contribution in [0, 0.1) is 0 Å². The van der Waals surface area contributed by atoms with Crippen LogP contribution in [0.15, 0.2) is 53.8 Å². The second kappa shape index (κ2) is 11.8. The Balaban J connectivity index is 0.00000312. The molecule has 1 heterocycles. The van der Waals surface area contributed by atoms with Crippen LogP contribution in [-0.4, -0.2) is 29.7 Å². The first kappa shape index (κ1) is 21.3. The molecule has 0 fully saturated rings. The van der Waals surface area contributed by atoms with Crippen LogP contribution in [0.1, 0.15) is 26.3 Å². The fraction of sp³-hybridized carbons (Fsp3) is 0.421. The molecule has 6 heteroatoms. The molecule has 1 aromatic heterocycles. The standard InChI is InChI=1S/C19H28N4O.HI/c1-4-20-19(21-11-14-23-12-5-6-13-23)22-15-17-7-9-18(10-8-17)24-16(2)3;/h5-10,12-13,16H,4,11,14-15H2,1-3H3,(H2,20,21,22);1H. The number of benzene rings is 1. The molecule has 0 aliphatic carbocycles. The van der Waals surface area contributed by atoms with Crippen LogP contribution >= 0.6 is 24.0 Å². The molecule has 0 radical (unpaired) electrons. The van der Waals surface area contributed by atoms with Gasteiger partial charge in [0.1, 0.15) is 5.75 Å². The number of guanidine groups is 1. The average molecular weight is 456 g/mol. The summed E-state index contributed by atoms with van der Waals surface area (Å²) in [4.78, 5) is 4.64. The summed E-state index contributed by atoms with van der Waals surface area (Å²) in [6.45, 7) is 9.36. The topological polar surface area (TPSA) is 50.6 Å². The highest BCUT2D eigenvalue weighted by atomic mass is 127. The van der Waals surface area contributed by atoms with Gasteiger partial charge in [0.25, 0.3) is 0 Å². The van der Waals surface area contributed by atoms with E-state index in [2.05, 4.69) is 51.6 Å². The third kappa shape index (κ3) is 8.29. The normalized spacial score (nSPS) is 11.1. The van der Waals surface area contributed by atoms with Crippen LogP contribution in [0.4, 0.5) is 0 Å². The van der Waals surface area contributed by atoms with Gasteiger partial charge in [-0.15, -0.1) is 24.0 Å². The molecule has 2 aromatic rings. The zero-order valence-electron chi connectivity index (χ0n) is 15.2. The van der Waals surface area contributed by atoms with E-state index in [1.807, 2.05) is 38.1 Å². The van der Waals surface area contributed by atoms with E-state index in [1.165, 1.54) is 0 Å². The Hall–Kier alpha value is -1.70. The molecule has 2 rings (SSSR count). The van der Waals surface area contributed by atoms with Crippen molar-refractivity contribution >= 4 is 29.9 Å². The maximum absolute atomic E-state index is 5.66. The maximum Gasteiger partial charge on any atom is 0.191 e. The number of rotatable bonds is 8. The molecular weight excluding hydrogens is 427 g/mol. The van der Waals surface area contributed by atoms with E-state index in [0.29, 0.717) is 6.54 Å². The lowest BCUT2D eigenvalue weighted by molar-refractivity contribution is 0.242. The van der Waals surface area contributed by atoms with Gasteiger partial charge in [-0.3, -0.25) is 0 Å². The summed E-state index contributed by atoms with van der Waals surface area (Å²) in [6, 6.07) is 12.2. The molecule has 0 atom stereocenters. The lowest BCUT2D eigenvalue weighted by atomic mass is 10.2. The highest BCUT2D eigenvalue weighted by molar-refractivity contribution is 14.0. The molecule has 0 aliphatic rings. The summed E-state index contributed by atoms with van der Waals surface area (Å²) in [7, 11) is 0. The summed E-state index contributed by atoms with van der Waals surface area (Å²) < 4.78 is 7.80. The monoisotopic (exact) mass is 456 g/mol. The van der Waals surface area contributed by atoms with E-state index in [-0.39, 0.29) is 30.1 Å². The number of ether oxygens (including phenoxy) is 1. The first-order valence-corrected chi connectivity index (χ1v) is 8.56. The van der Waals surface area contributed by atoms with Gasteiger partial charge in [-0.05, 0) is 50.6 Å². The van der Waals surface area contributed by atoms with Crippen LogP contribution in [0.2, 0.25) is 0 Å². The van der Waals surface area contributed by atoms with Gasteiger partial charge in [-0.2, -0.15) is 0 Å². The minimum atomic E-state index is 0. The minimum absolute atomic E-state index is 0. The van der Waals surface area contributed by atoms with E-state index in [9.17, 15) is 0 Å². The molecule has 0 bridgehead atoms. The minimum Gasteiger partial charge on any atom is -0.491 e. The molecule has 5 nitrogen and oxygen atoms in total. The SMILES string of the molecule is CCNC(=NCc1ccc(OC(C)C)cc1)NCCn1cccc1.I. The predicted octanol–water partition coefficient (Wildman–Crippen LogP) is 3.65. The highest BCUT2D eigenvalue weighted by Crippen LogP contribution is 2.14. The Kier molecular flexibility index (Phi) is 10.1. The summed E-state index contributed by atoms with van der Waals surface area (Å²) in [5, 5.41) is 6.64. The number of hydrogen-bond donors (Lipinski definition) is 2. The summed E-state index contributed by atoms with van der Waals surface area (Å²) in [6.07, 6.45) is 4.32. The van der Waals surface area contributed by atoms with Gasteiger partial charge in [-0.1, -0.05) is 12.1 Å². The number of nitrogens with one attached hydrogen (secondary N) is 2. The number of halogens is 1. The van der Waals surface area contributed by atoms with Crippen LogP contribution in [-0.2, 0) is 13.1 Å². The Labute approximate surface area is 167 Å². The number of aliphatic imine (C=N–C) groups is 1. The second-order valence-corrected chi connectivity index (χ2v) is 5.85. The molecule has 0 saturated heterocycles. The van der Waals surface area contributed by atoms with Crippen molar-refractivity contribution in [2.75, 3.05) is 13.1 Å². The maximum atomic E-state index is 5.66. The van der Waals surface area contributed by atoms with Crippen LogP contribution in [0.3, 0.4) is 0 Å².